The fraction of sp³-hybridized carbons (Fsp3) is 0.154. The molecule has 0 unspecified atom stereocenters. The summed E-state index contributed by atoms with van der Waals surface area (Å²) < 4.78 is 1.01. The number of hydrogen-bond donors (Lipinski definition) is 1. The Morgan fingerprint density at radius 1 is 1.11 bits per heavy atom. The largest absolute Gasteiger partial charge is 0.328 e. The quantitative estimate of drug-likeness (QED) is 0.845. The van der Waals surface area contributed by atoms with E-state index in [1.165, 1.54) is 12.3 Å². The summed E-state index contributed by atoms with van der Waals surface area (Å²) in [6, 6.07) is 10.0. The maximum atomic E-state index is 11.8. The van der Waals surface area contributed by atoms with E-state index in [-0.39, 0.29) is 32.2 Å². The first kappa shape index (κ1) is 15.0. The van der Waals surface area contributed by atoms with Crippen molar-refractivity contribution in [2.24, 2.45) is 0 Å². The lowest BCUT2D eigenvalue weighted by molar-refractivity contribution is 0.0976. The highest BCUT2D eigenvalue weighted by Gasteiger charge is 2.07. The number of aromatic nitrogens is 2. The van der Waals surface area contributed by atoms with Gasteiger partial charge in [0.2, 0.25) is 0 Å². The molecule has 19 heavy (non-hydrogen) atoms. The van der Waals surface area contributed by atoms with E-state index in [4.69, 9.17) is 0 Å². The summed E-state index contributed by atoms with van der Waals surface area (Å²) in [5.41, 5.74) is -0.319. The van der Waals surface area contributed by atoms with E-state index in [1.54, 1.807) is 24.3 Å². The third-order valence-corrected chi connectivity index (χ3v) is 2.60. The van der Waals surface area contributed by atoms with Gasteiger partial charge >= 0.3 is 5.69 Å². The van der Waals surface area contributed by atoms with Crippen LogP contribution >= 0.6 is 13.5 Å². The Bertz CT molecular complexity index is 633. The Morgan fingerprint density at radius 3 is 2.42 bits per heavy atom. The Labute approximate surface area is 116 Å². The van der Waals surface area contributed by atoms with Gasteiger partial charge in [0.15, 0.2) is 5.78 Å². The van der Waals surface area contributed by atoms with Gasteiger partial charge in [-0.3, -0.25) is 14.2 Å². The van der Waals surface area contributed by atoms with Gasteiger partial charge in [0, 0.05) is 30.8 Å². The predicted molar refractivity (Wildman–Crippen MR) is 77.1 cm³/mol. The number of aromatic amines is 1. The van der Waals surface area contributed by atoms with Crippen molar-refractivity contribution in [3.63, 3.8) is 0 Å². The fourth-order valence-electron chi connectivity index (χ4n) is 1.65. The summed E-state index contributed by atoms with van der Waals surface area (Å²) in [4.78, 5) is 37.0. The fourth-order valence-corrected chi connectivity index (χ4v) is 1.65. The van der Waals surface area contributed by atoms with Crippen LogP contribution in [0, 0.1) is 0 Å². The van der Waals surface area contributed by atoms with Crippen LogP contribution in [-0.4, -0.2) is 15.3 Å². The molecule has 0 spiro atoms. The Morgan fingerprint density at radius 2 is 1.79 bits per heavy atom. The summed E-state index contributed by atoms with van der Waals surface area (Å²) in [7, 11) is 0. The molecule has 2 rings (SSSR count). The highest BCUT2D eigenvalue weighted by molar-refractivity contribution is 7.59. The van der Waals surface area contributed by atoms with Crippen molar-refractivity contribution in [1.29, 1.82) is 0 Å². The summed E-state index contributed by atoms with van der Waals surface area (Å²) >= 11 is 0. The lowest BCUT2D eigenvalue weighted by Crippen LogP contribution is -2.34. The lowest BCUT2D eigenvalue weighted by Gasteiger charge is -2.03. The van der Waals surface area contributed by atoms with E-state index in [2.05, 4.69) is 4.98 Å². The molecule has 0 saturated heterocycles. The maximum absolute atomic E-state index is 11.8. The van der Waals surface area contributed by atoms with Crippen molar-refractivity contribution in [2.45, 2.75) is 13.0 Å². The van der Waals surface area contributed by atoms with Crippen LogP contribution in [0.15, 0.2) is 52.2 Å². The van der Waals surface area contributed by atoms with E-state index < -0.39 is 11.2 Å². The molecular formula is C13H14N2O3S. The van der Waals surface area contributed by atoms with Crippen LogP contribution in [0.25, 0.3) is 0 Å². The van der Waals surface area contributed by atoms with Crippen molar-refractivity contribution < 1.29 is 4.79 Å². The summed E-state index contributed by atoms with van der Waals surface area (Å²) in [5.74, 6) is -0.0919. The normalized spacial score (nSPS) is 9.68. The zero-order valence-corrected chi connectivity index (χ0v) is 11.1. The first-order chi connectivity index (χ1) is 8.68. The Hall–Kier alpha value is -2.08. The van der Waals surface area contributed by atoms with Gasteiger partial charge in [0.1, 0.15) is 0 Å². The number of carbonyl (C=O) groups is 1. The van der Waals surface area contributed by atoms with Crippen LogP contribution < -0.4 is 11.2 Å². The van der Waals surface area contributed by atoms with Gasteiger partial charge in [-0.25, -0.2) is 4.79 Å². The van der Waals surface area contributed by atoms with Gasteiger partial charge in [-0.1, -0.05) is 30.3 Å². The molecule has 1 N–H and O–H groups in total. The molecule has 0 fully saturated rings. The zero-order chi connectivity index (χ0) is 13.0. The van der Waals surface area contributed by atoms with Crippen LogP contribution in [0.1, 0.15) is 16.8 Å². The second-order valence-corrected chi connectivity index (χ2v) is 3.81. The molecule has 0 amide bonds. The summed E-state index contributed by atoms with van der Waals surface area (Å²) in [6.45, 7) is 0.0860. The molecule has 2 aromatic rings. The minimum atomic E-state index is -0.497. The van der Waals surface area contributed by atoms with Crippen molar-refractivity contribution in [2.75, 3.05) is 0 Å². The van der Waals surface area contributed by atoms with Gasteiger partial charge in [-0.2, -0.15) is 13.5 Å². The number of H-pyrrole nitrogens is 1. The van der Waals surface area contributed by atoms with Crippen molar-refractivity contribution >= 4 is 19.3 Å². The molecule has 0 aliphatic heterocycles. The average Bonchev–Trinajstić information content (AvgIpc) is 2.39. The van der Waals surface area contributed by atoms with Crippen molar-refractivity contribution in [3.05, 3.63) is 69.0 Å². The highest BCUT2D eigenvalue weighted by Crippen LogP contribution is 2.03. The Balaban J connectivity index is 0.00000180. The van der Waals surface area contributed by atoms with Crippen LogP contribution in [0.4, 0.5) is 0 Å². The van der Waals surface area contributed by atoms with Gasteiger partial charge < -0.3 is 4.98 Å². The first-order valence-electron chi connectivity index (χ1n) is 5.55. The molecule has 0 atom stereocenters. The molecule has 1 aromatic carbocycles. The number of hydrogen-bond acceptors (Lipinski definition) is 3. The van der Waals surface area contributed by atoms with E-state index in [9.17, 15) is 14.4 Å². The van der Waals surface area contributed by atoms with E-state index in [0.29, 0.717) is 5.56 Å². The van der Waals surface area contributed by atoms with Crippen LogP contribution in [0.3, 0.4) is 0 Å². The molecule has 0 aliphatic carbocycles. The van der Waals surface area contributed by atoms with Crippen LogP contribution in [0.5, 0.6) is 0 Å². The second kappa shape index (κ2) is 6.75. The number of Topliss-reactive ketones (excluding diaryl/α,β-unsaturated/α-hetero) is 1. The minimum absolute atomic E-state index is 0. The van der Waals surface area contributed by atoms with Crippen LogP contribution in [0.2, 0.25) is 0 Å². The molecule has 1 heterocycles. The molecular weight excluding hydrogens is 264 g/mol. The molecule has 5 nitrogen and oxygen atoms in total. The number of benzene rings is 1. The SMILES string of the molecule is O=C(CCn1c(=O)cc[nH]c1=O)c1ccccc1.S. The number of ketones is 1. The molecule has 1 aromatic heterocycles. The van der Waals surface area contributed by atoms with Gasteiger partial charge in [-0.05, 0) is 0 Å². The maximum Gasteiger partial charge on any atom is 0.328 e. The number of nitrogens with zero attached hydrogens (tertiary/aromatic N) is 1. The molecule has 0 aliphatic rings. The molecule has 100 valence electrons. The molecule has 0 bridgehead atoms. The number of rotatable bonds is 4. The smallest absolute Gasteiger partial charge is 0.314 e. The molecule has 0 radical (unpaired) electrons. The topological polar surface area (TPSA) is 71.9 Å². The first-order valence-corrected chi connectivity index (χ1v) is 5.55. The average molecular weight is 278 g/mol. The number of carbonyl (C=O) groups excluding carboxylic acids is 1. The van der Waals surface area contributed by atoms with Crippen LogP contribution in [-0.2, 0) is 6.54 Å². The predicted octanol–water partition coefficient (Wildman–Crippen LogP) is 0.922. The van der Waals surface area contributed by atoms with E-state index >= 15 is 0 Å². The zero-order valence-electron chi connectivity index (χ0n) is 10.1. The van der Waals surface area contributed by atoms with Gasteiger partial charge in [0.05, 0.1) is 0 Å². The number of nitrogens with one attached hydrogen (secondary N) is 1. The minimum Gasteiger partial charge on any atom is -0.314 e. The monoisotopic (exact) mass is 278 g/mol. The van der Waals surface area contributed by atoms with Gasteiger partial charge in [-0.15, -0.1) is 0 Å². The third-order valence-electron chi connectivity index (χ3n) is 2.60. The Kier molecular flexibility index (Phi) is 5.32. The van der Waals surface area contributed by atoms with Crippen molar-refractivity contribution in [1.82, 2.24) is 9.55 Å². The standard InChI is InChI=1S/C13H12N2O3.H2S/c16-11(10-4-2-1-3-5-10)7-9-15-12(17)6-8-14-13(15)18;/h1-6,8H,7,9H2,(H,14,18);1H2. The highest BCUT2D eigenvalue weighted by atomic mass is 32.1. The van der Waals surface area contributed by atoms with E-state index in [1.807, 2.05) is 6.07 Å². The molecule has 0 saturated carbocycles. The van der Waals surface area contributed by atoms with Gasteiger partial charge in [0.25, 0.3) is 5.56 Å². The lowest BCUT2D eigenvalue weighted by atomic mass is 10.1. The van der Waals surface area contributed by atoms with Crippen molar-refractivity contribution in [3.8, 4) is 0 Å². The second-order valence-electron chi connectivity index (χ2n) is 3.81. The summed E-state index contributed by atoms with van der Waals surface area (Å²) in [6.07, 6.45) is 1.41. The summed E-state index contributed by atoms with van der Waals surface area (Å²) in [5, 5.41) is 0. The molecule has 6 heteroatoms. The third kappa shape index (κ3) is 3.69. The van der Waals surface area contributed by atoms with E-state index in [0.717, 1.165) is 4.57 Å².